The molecule has 0 atom stereocenters. The van der Waals surface area contributed by atoms with Crippen molar-refractivity contribution in [3.05, 3.63) is 65.7 Å². The Bertz CT molecular complexity index is 780. The molecule has 1 aliphatic heterocycles. The third kappa shape index (κ3) is 3.85. The van der Waals surface area contributed by atoms with E-state index in [0.717, 1.165) is 46.8 Å². The van der Waals surface area contributed by atoms with Crippen LogP contribution in [-0.4, -0.2) is 19.6 Å². The Labute approximate surface area is 148 Å². The maximum Gasteiger partial charge on any atom is 0.168 e. The Morgan fingerprint density at radius 3 is 2.68 bits per heavy atom. The van der Waals surface area contributed by atoms with Gasteiger partial charge < -0.3 is 14.4 Å². The summed E-state index contributed by atoms with van der Waals surface area (Å²) in [7, 11) is 1.66. The van der Waals surface area contributed by atoms with E-state index in [1.165, 1.54) is 0 Å². The fourth-order valence-electron chi connectivity index (χ4n) is 3.11. The second-order valence-electron chi connectivity index (χ2n) is 6.30. The molecule has 2 aromatic carbocycles. The van der Waals surface area contributed by atoms with Gasteiger partial charge in [0.15, 0.2) is 18.2 Å². The van der Waals surface area contributed by atoms with Gasteiger partial charge in [0.05, 0.1) is 7.11 Å². The summed E-state index contributed by atoms with van der Waals surface area (Å²) in [5.41, 5.74) is 4.37. The lowest BCUT2D eigenvalue weighted by Gasteiger charge is -2.32. The molecule has 0 fully saturated rings. The number of anilines is 1. The predicted molar refractivity (Wildman–Crippen MR) is 99.4 cm³/mol. The molecule has 0 N–H and O–H groups in total. The van der Waals surface area contributed by atoms with Crippen LogP contribution in [0.25, 0.3) is 0 Å². The number of ketones is 1. The first-order valence-corrected chi connectivity index (χ1v) is 8.37. The van der Waals surface area contributed by atoms with E-state index in [2.05, 4.69) is 17.5 Å². The van der Waals surface area contributed by atoms with Crippen molar-refractivity contribution >= 4 is 11.5 Å². The van der Waals surface area contributed by atoms with Gasteiger partial charge in [-0.1, -0.05) is 18.2 Å². The molecule has 0 spiro atoms. The summed E-state index contributed by atoms with van der Waals surface area (Å²) in [6.07, 6.45) is 3.15. The summed E-state index contributed by atoms with van der Waals surface area (Å²) in [4.78, 5) is 13.4. The third-order valence-corrected chi connectivity index (χ3v) is 4.27. The molecule has 1 heterocycles. The molecular formula is C21H23NO3. The fraction of sp³-hybridized carbons (Fsp3) is 0.286. The molecule has 4 heteroatoms. The van der Waals surface area contributed by atoms with E-state index in [0.29, 0.717) is 13.2 Å². The van der Waals surface area contributed by atoms with Gasteiger partial charge in [-0.2, -0.15) is 0 Å². The Morgan fingerprint density at radius 2 is 2.04 bits per heavy atom. The SMILES string of the molecule is C=CCc1cc2c(c(OC)c1)OCN(c1ccc(CC(C)=O)cc1)C2. The molecule has 4 nitrogen and oxygen atoms in total. The van der Waals surface area contributed by atoms with Gasteiger partial charge in [-0.05, 0) is 48.7 Å². The summed E-state index contributed by atoms with van der Waals surface area (Å²) in [6, 6.07) is 12.2. The number of benzene rings is 2. The van der Waals surface area contributed by atoms with Gasteiger partial charge in [-0.15, -0.1) is 6.58 Å². The van der Waals surface area contributed by atoms with Gasteiger partial charge >= 0.3 is 0 Å². The first-order valence-electron chi connectivity index (χ1n) is 8.37. The fourth-order valence-corrected chi connectivity index (χ4v) is 3.11. The number of methoxy groups -OCH3 is 1. The molecule has 1 aliphatic rings. The van der Waals surface area contributed by atoms with Crippen LogP contribution < -0.4 is 14.4 Å². The van der Waals surface area contributed by atoms with E-state index in [1.54, 1.807) is 14.0 Å². The lowest BCUT2D eigenvalue weighted by molar-refractivity contribution is -0.116. The molecule has 0 radical (unpaired) electrons. The van der Waals surface area contributed by atoms with Crippen LogP contribution in [-0.2, 0) is 24.2 Å². The van der Waals surface area contributed by atoms with Crippen molar-refractivity contribution in [1.82, 2.24) is 0 Å². The average molecular weight is 337 g/mol. The predicted octanol–water partition coefficient (Wildman–Crippen LogP) is 3.91. The molecule has 3 rings (SSSR count). The highest BCUT2D eigenvalue weighted by atomic mass is 16.5. The molecule has 2 aromatic rings. The van der Waals surface area contributed by atoms with E-state index in [9.17, 15) is 4.79 Å². The summed E-state index contributed by atoms with van der Waals surface area (Å²) in [6.45, 7) is 6.64. The lowest BCUT2D eigenvalue weighted by atomic mass is 10.0. The Hall–Kier alpha value is -2.75. The van der Waals surface area contributed by atoms with Crippen LogP contribution in [0, 0.1) is 0 Å². The van der Waals surface area contributed by atoms with Crippen LogP contribution >= 0.6 is 0 Å². The highest BCUT2D eigenvalue weighted by molar-refractivity contribution is 5.78. The smallest absolute Gasteiger partial charge is 0.168 e. The Morgan fingerprint density at radius 1 is 1.28 bits per heavy atom. The van der Waals surface area contributed by atoms with Crippen LogP contribution in [0.1, 0.15) is 23.6 Å². The standard InChI is InChI=1S/C21H23NO3/c1-4-5-17-11-18-13-22(14-25-21(18)20(12-17)24-3)19-8-6-16(7-9-19)10-15(2)23/h4,6-9,11-12H,1,5,10,13-14H2,2-3H3. The number of allylic oxidation sites excluding steroid dienone is 1. The summed E-state index contributed by atoms with van der Waals surface area (Å²) >= 11 is 0. The molecule has 0 bridgehead atoms. The maximum absolute atomic E-state index is 11.2. The molecule has 0 saturated heterocycles. The number of rotatable bonds is 6. The van der Waals surface area contributed by atoms with Crippen molar-refractivity contribution in [2.45, 2.75) is 26.3 Å². The number of nitrogens with zero attached hydrogens (tertiary/aromatic N) is 1. The lowest BCUT2D eigenvalue weighted by Crippen LogP contribution is -2.32. The normalized spacial score (nSPS) is 13.0. The number of hydrogen-bond donors (Lipinski definition) is 0. The van der Waals surface area contributed by atoms with Gasteiger partial charge in [0.2, 0.25) is 0 Å². The van der Waals surface area contributed by atoms with Crippen molar-refractivity contribution in [2.24, 2.45) is 0 Å². The highest BCUT2D eigenvalue weighted by Gasteiger charge is 2.22. The zero-order chi connectivity index (χ0) is 17.8. The van der Waals surface area contributed by atoms with E-state index >= 15 is 0 Å². The van der Waals surface area contributed by atoms with Gasteiger partial charge in [0.25, 0.3) is 0 Å². The zero-order valence-corrected chi connectivity index (χ0v) is 14.7. The second-order valence-corrected chi connectivity index (χ2v) is 6.30. The van der Waals surface area contributed by atoms with Crippen molar-refractivity contribution in [3.8, 4) is 11.5 Å². The first kappa shape index (κ1) is 17.1. The summed E-state index contributed by atoms with van der Waals surface area (Å²) in [5, 5.41) is 0. The number of carbonyl (C=O) groups is 1. The zero-order valence-electron chi connectivity index (χ0n) is 14.7. The van der Waals surface area contributed by atoms with Crippen LogP contribution in [0.2, 0.25) is 0 Å². The highest BCUT2D eigenvalue weighted by Crippen LogP contribution is 2.37. The molecule has 0 aromatic heterocycles. The number of hydrogen-bond acceptors (Lipinski definition) is 4. The van der Waals surface area contributed by atoms with E-state index in [4.69, 9.17) is 9.47 Å². The minimum atomic E-state index is 0.171. The summed E-state index contributed by atoms with van der Waals surface area (Å²) < 4.78 is 11.4. The van der Waals surface area contributed by atoms with Crippen molar-refractivity contribution in [2.75, 3.05) is 18.7 Å². The van der Waals surface area contributed by atoms with Gasteiger partial charge in [-0.3, -0.25) is 4.79 Å². The number of ether oxygens (including phenoxy) is 2. The Balaban J connectivity index is 1.83. The minimum Gasteiger partial charge on any atom is -0.493 e. The van der Waals surface area contributed by atoms with Crippen molar-refractivity contribution in [3.63, 3.8) is 0 Å². The Kier molecular flexibility index (Phi) is 5.08. The van der Waals surface area contributed by atoms with Crippen LogP contribution in [0.4, 0.5) is 5.69 Å². The molecular weight excluding hydrogens is 314 g/mol. The molecule has 0 saturated carbocycles. The molecule has 0 unspecified atom stereocenters. The van der Waals surface area contributed by atoms with Crippen LogP contribution in [0.3, 0.4) is 0 Å². The van der Waals surface area contributed by atoms with E-state index in [-0.39, 0.29) is 5.78 Å². The van der Waals surface area contributed by atoms with Crippen LogP contribution in [0.15, 0.2) is 49.1 Å². The quantitative estimate of drug-likeness (QED) is 0.749. The summed E-state index contributed by atoms with van der Waals surface area (Å²) in [5.74, 6) is 1.76. The van der Waals surface area contributed by atoms with Gasteiger partial charge in [-0.25, -0.2) is 0 Å². The van der Waals surface area contributed by atoms with Gasteiger partial charge in [0.1, 0.15) is 5.78 Å². The van der Waals surface area contributed by atoms with Gasteiger partial charge in [0, 0.05) is 24.2 Å². The monoisotopic (exact) mass is 337 g/mol. The molecule has 130 valence electrons. The number of Topliss-reactive ketones (excluding diaryl/α,β-unsaturated/α-hetero) is 1. The van der Waals surface area contributed by atoms with E-state index < -0.39 is 0 Å². The topological polar surface area (TPSA) is 38.8 Å². The van der Waals surface area contributed by atoms with Crippen LogP contribution in [0.5, 0.6) is 11.5 Å². The molecule has 0 aliphatic carbocycles. The number of fused-ring (bicyclic) bond motifs is 1. The second kappa shape index (κ2) is 7.43. The minimum absolute atomic E-state index is 0.171. The van der Waals surface area contributed by atoms with E-state index in [1.807, 2.05) is 36.4 Å². The largest absolute Gasteiger partial charge is 0.493 e. The average Bonchev–Trinajstić information content (AvgIpc) is 2.61. The first-order chi connectivity index (χ1) is 12.1. The third-order valence-electron chi connectivity index (χ3n) is 4.27. The molecule has 0 amide bonds. The number of carbonyl (C=O) groups excluding carboxylic acids is 1. The van der Waals surface area contributed by atoms with Crippen molar-refractivity contribution in [1.29, 1.82) is 0 Å². The molecule has 25 heavy (non-hydrogen) atoms. The maximum atomic E-state index is 11.2. The van der Waals surface area contributed by atoms with Crippen molar-refractivity contribution < 1.29 is 14.3 Å².